The van der Waals surface area contributed by atoms with Gasteiger partial charge in [-0.1, -0.05) is 32.4 Å². The minimum absolute atomic E-state index is 0.187. The Bertz CT molecular complexity index is 324. The summed E-state index contributed by atoms with van der Waals surface area (Å²) in [4.78, 5) is 15.7. The second-order valence-corrected chi connectivity index (χ2v) is 4.75. The third-order valence-electron chi connectivity index (χ3n) is 1.97. The quantitative estimate of drug-likeness (QED) is 0.753. The largest absolute Gasteiger partial charge is 0.299 e. The maximum Gasteiger partial charge on any atom is 0.144 e. The monoisotopic (exact) mass is 211 g/mol. The first-order valence-electron chi connectivity index (χ1n) is 4.53. The molecule has 0 N–H and O–H groups in total. The van der Waals surface area contributed by atoms with E-state index in [0.29, 0.717) is 11.4 Å². The van der Waals surface area contributed by atoms with E-state index in [4.69, 9.17) is 11.6 Å². The van der Waals surface area contributed by atoms with Gasteiger partial charge >= 0.3 is 0 Å². The van der Waals surface area contributed by atoms with Crippen LogP contribution in [0.2, 0.25) is 5.02 Å². The maximum atomic E-state index is 11.6. The topological polar surface area (TPSA) is 30.0 Å². The minimum atomic E-state index is -0.304. The third kappa shape index (κ3) is 3.11. The lowest BCUT2D eigenvalue weighted by Crippen LogP contribution is -2.22. The Morgan fingerprint density at radius 3 is 2.50 bits per heavy atom. The molecule has 0 aromatic carbocycles. The van der Waals surface area contributed by atoms with Crippen LogP contribution in [0.3, 0.4) is 0 Å². The standard InChI is InChI=1S/C11H14ClNO/c1-11(2,3)10(14)6-9-5-4-8(12)7-13-9/h4-5,7H,6H2,1-3H3. The molecule has 3 heteroatoms. The smallest absolute Gasteiger partial charge is 0.144 e. The van der Waals surface area contributed by atoms with Crippen molar-refractivity contribution in [3.05, 3.63) is 29.0 Å². The molecule has 0 spiro atoms. The van der Waals surface area contributed by atoms with E-state index < -0.39 is 0 Å². The molecule has 0 saturated heterocycles. The lowest BCUT2D eigenvalue weighted by molar-refractivity contribution is -0.125. The Morgan fingerprint density at radius 2 is 2.07 bits per heavy atom. The highest BCUT2D eigenvalue weighted by atomic mass is 35.5. The van der Waals surface area contributed by atoms with Gasteiger partial charge in [-0.05, 0) is 12.1 Å². The number of ketones is 1. The predicted octanol–water partition coefficient (Wildman–Crippen LogP) is 2.89. The van der Waals surface area contributed by atoms with Crippen molar-refractivity contribution >= 4 is 17.4 Å². The van der Waals surface area contributed by atoms with Crippen molar-refractivity contribution in [2.24, 2.45) is 5.41 Å². The Kier molecular flexibility index (Phi) is 3.27. The summed E-state index contributed by atoms with van der Waals surface area (Å²) >= 11 is 5.69. The van der Waals surface area contributed by atoms with E-state index in [1.807, 2.05) is 20.8 Å². The van der Waals surface area contributed by atoms with Crippen molar-refractivity contribution in [2.45, 2.75) is 27.2 Å². The molecule has 0 aliphatic carbocycles. The molecule has 1 heterocycles. The average molecular weight is 212 g/mol. The molecule has 0 unspecified atom stereocenters. The van der Waals surface area contributed by atoms with Crippen LogP contribution in [0.1, 0.15) is 26.5 Å². The van der Waals surface area contributed by atoms with Crippen LogP contribution in [0.4, 0.5) is 0 Å². The number of hydrogen-bond donors (Lipinski definition) is 0. The fourth-order valence-electron chi connectivity index (χ4n) is 0.941. The van der Waals surface area contributed by atoms with E-state index in [1.165, 1.54) is 0 Å². The minimum Gasteiger partial charge on any atom is -0.299 e. The highest BCUT2D eigenvalue weighted by molar-refractivity contribution is 6.30. The molecule has 0 atom stereocenters. The Balaban J connectivity index is 2.71. The number of hydrogen-bond acceptors (Lipinski definition) is 2. The fraction of sp³-hybridized carbons (Fsp3) is 0.455. The number of halogens is 1. The lowest BCUT2D eigenvalue weighted by Gasteiger charge is -2.15. The molecule has 76 valence electrons. The summed E-state index contributed by atoms with van der Waals surface area (Å²) in [5, 5.41) is 0.594. The van der Waals surface area contributed by atoms with Gasteiger partial charge in [0.05, 0.1) is 5.02 Å². The molecular weight excluding hydrogens is 198 g/mol. The number of rotatable bonds is 2. The third-order valence-corrected chi connectivity index (χ3v) is 2.19. The van der Waals surface area contributed by atoms with Crippen molar-refractivity contribution in [3.8, 4) is 0 Å². The normalized spacial score (nSPS) is 11.4. The van der Waals surface area contributed by atoms with E-state index in [2.05, 4.69) is 4.98 Å². The fourth-order valence-corrected chi connectivity index (χ4v) is 1.05. The number of Topliss-reactive ketones (excluding diaryl/α,β-unsaturated/α-hetero) is 1. The van der Waals surface area contributed by atoms with Crippen LogP contribution >= 0.6 is 11.6 Å². The molecular formula is C11H14ClNO. The van der Waals surface area contributed by atoms with Crippen LogP contribution in [0, 0.1) is 5.41 Å². The van der Waals surface area contributed by atoms with E-state index in [9.17, 15) is 4.79 Å². The maximum absolute atomic E-state index is 11.6. The predicted molar refractivity (Wildman–Crippen MR) is 57.4 cm³/mol. The van der Waals surface area contributed by atoms with Crippen LogP contribution in [0.15, 0.2) is 18.3 Å². The van der Waals surface area contributed by atoms with E-state index in [0.717, 1.165) is 5.69 Å². The zero-order valence-electron chi connectivity index (χ0n) is 8.67. The van der Waals surface area contributed by atoms with Crippen molar-refractivity contribution in [1.29, 1.82) is 0 Å². The molecule has 0 aliphatic rings. The van der Waals surface area contributed by atoms with Gasteiger partial charge in [0.2, 0.25) is 0 Å². The molecule has 0 saturated carbocycles. The average Bonchev–Trinajstić information content (AvgIpc) is 2.07. The van der Waals surface area contributed by atoms with Crippen LogP contribution in [0.5, 0.6) is 0 Å². The van der Waals surface area contributed by atoms with Gasteiger partial charge in [-0.15, -0.1) is 0 Å². The first-order valence-corrected chi connectivity index (χ1v) is 4.91. The summed E-state index contributed by atoms with van der Waals surface area (Å²) in [6, 6.07) is 3.53. The molecule has 0 amide bonds. The van der Waals surface area contributed by atoms with Gasteiger partial charge in [-0.2, -0.15) is 0 Å². The summed E-state index contributed by atoms with van der Waals surface area (Å²) in [5.74, 6) is 0.187. The van der Waals surface area contributed by atoms with Crippen molar-refractivity contribution < 1.29 is 4.79 Å². The van der Waals surface area contributed by atoms with Gasteiger partial charge in [-0.3, -0.25) is 9.78 Å². The zero-order valence-corrected chi connectivity index (χ0v) is 9.43. The van der Waals surface area contributed by atoms with Gasteiger partial charge in [0, 0.05) is 23.7 Å². The highest BCUT2D eigenvalue weighted by Gasteiger charge is 2.21. The second-order valence-electron chi connectivity index (χ2n) is 4.32. The van der Waals surface area contributed by atoms with Gasteiger partial charge in [0.1, 0.15) is 5.78 Å². The lowest BCUT2D eigenvalue weighted by atomic mass is 9.88. The first kappa shape index (κ1) is 11.2. The molecule has 1 aromatic heterocycles. The zero-order chi connectivity index (χ0) is 10.8. The molecule has 1 rings (SSSR count). The Morgan fingerprint density at radius 1 is 1.43 bits per heavy atom. The number of nitrogens with zero attached hydrogens (tertiary/aromatic N) is 1. The Labute approximate surface area is 89.3 Å². The van der Waals surface area contributed by atoms with Crippen molar-refractivity contribution in [3.63, 3.8) is 0 Å². The van der Waals surface area contributed by atoms with Gasteiger partial charge < -0.3 is 0 Å². The number of pyridine rings is 1. The van der Waals surface area contributed by atoms with Crippen LogP contribution in [-0.4, -0.2) is 10.8 Å². The van der Waals surface area contributed by atoms with Crippen molar-refractivity contribution in [1.82, 2.24) is 4.98 Å². The molecule has 0 fully saturated rings. The number of aromatic nitrogens is 1. The molecule has 1 aromatic rings. The highest BCUT2D eigenvalue weighted by Crippen LogP contribution is 2.17. The first-order chi connectivity index (χ1) is 6.39. The number of carbonyl (C=O) groups is 1. The number of carbonyl (C=O) groups excluding carboxylic acids is 1. The van der Waals surface area contributed by atoms with Crippen LogP contribution in [0.25, 0.3) is 0 Å². The van der Waals surface area contributed by atoms with Crippen molar-refractivity contribution in [2.75, 3.05) is 0 Å². The van der Waals surface area contributed by atoms with E-state index in [1.54, 1.807) is 18.3 Å². The SMILES string of the molecule is CC(C)(C)C(=O)Cc1ccc(Cl)cn1. The molecule has 0 bridgehead atoms. The molecule has 14 heavy (non-hydrogen) atoms. The van der Waals surface area contributed by atoms with E-state index in [-0.39, 0.29) is 11.2 Å². The molecule has 2 nitrogen and oxygen atoms in total. The summed E-state index contributed by atoms with van der Waals surface area (Å²) in [7, 11) is 0. The van der Waals surface area contributed by atoms with Gasteiger partial charge in [-0.25, -0.2) is 0 Å². The summed E-state index contributed by atoms with van der Waals surface area (Å²) in [6.07, 6.45) is 1.94. The summed E-state index contributed by atoms with van der Waals surface area (Å²) < 4.78 is 0. The molecule has 0 aliphatic heterocycles. The van der Waals surface area contributed by atoms with Crippen LogP contribution in [-0.2, 0) is 11.2 Å². The summed E-state index contributed by atoms with van der Waals surface area (Å²) in [5.41, 5.74) is 0.468. The summed E-state index contributed by atoms with van der Waals surface area (Å²) in [6.45, 7) is 5.72. The van der Waals surface area contributed by atoms with Crippen LogP contribution < -0.4 is 0 Å². The van der Waals surface area contributed by atoms with E-state index >= 15 is 0 Å². The van der Waals surface area contributed by atoms with Gasteiger partial charge in [0.25, 0.3) is 0 Å². The second kappa shape index (κ2) is 4.09. The van der Waals surface area contributed by atoms with Gasteiger partial charge in [0.15, 0.2) is 0 Å². The Hall–Kier alpha value is -0.890. The molecule has 0 radical (unpaired) electrons.